The maximum atomic E-state index is 12.1. The predicted octanol–water partition coefficient (Wildman–Crippen LogP) is 6.05. The van der Waals surface area contributed by atoms with Gasteiger partial charge < -0.3 is 5.32 Å². The summed E-state index contributed by atoms with van der Waals surface area (Å²) in [6.45, 7) is 6.46. The normalized spacial score (nSPS) is 11.7. The van der Waals surface area contributed by atoms with Gasteiger partial charge in [0, 0.05) is 15.6 Å². The Morgan fingerprint density at radius 3 is 2.48 bits per heavy atom. The van der Waals surface area contributed by atoms with Gasteiger partial charge in [-0.25, -0.2) is 0 Å². The number of halogens is 2. The highest BCUT2D eigenvalue weighted by molar-refractivity contribution is 9.10. The van der Waals surface area contributed by atoms with Crippen molar-refractivity contribution in [3.05, 3.63) is 69.2 Å². The van der Waals surface area contributed by atoms with Gasteiger partial charge in [-0.3, -0.25) is 4.79 Å². The van der Waals surface area contributed by atoms with Gasteiger partial charge in [0.1, 0.15) is 0 Å². The van der Waals surface area contributed by atoms with Gasteiger partial charge in [0.2, 0.25) is 5.91 Å². The van der Waals surface area contributed by atoms with E-state index in [-0.39, 0.29) is 11.3 Å². The molecule has 0 aliphatic carbocycles. The number of carbonyl (C=O) groups is 1. The Balaban J connectivity index is 2.10. The fourth-order valence-corrected chi connectivity index (χ4v) is 2.71. The number of nitrogens with one attached hydrogen (secondary N) is 1. The zero-order valence-electron chi connectivity index (χ0n) is 13.4. The van der Waals surface area contributed by atoms with Crippen LogP contribution in [0.15, 0.2) is 53.0 Å². The molecule has 1 N–H and O–H groups in total. The van der Waals surface area contributed by atoms with Gasteiger partial charge in [-0.05, 0) is 56.7 Å². The summed E-state index contributed by atoms with van der Waals surface area (Å²) < 4.78 is 0.865. The zero-order chi connectivity index (χ0) is 17.0. The summed E-state index contributed by atoms with van der Waals surface area (Å²) in [6, 6.07) is 13.4. The Labute approximate surface area is 150 Å². The van der Waals surface area contributed by atoms with Crippen molar-refractivity contribution in [1.29, 1.82) is 0 Å². The topological polar surface area (TPSA) is 29.1 Å². The Morgan fingerprint density at radius 2 is 1.87 bits per heavy atom. The molecule has 2 aromatic carbocycles. The highest BCUT2D eigenvalue weighted by Gasteiger charge is 2.15. The molecule has 0 fully saturated rings. The minimum atomic E-state index is -0.200. The van der Waals surface area contributed by atoms with Crippen LogP contribution in [0.2, 0.25) is 5.02 Å². The van der Waals surface area contributed by atoms with E-state index in [1.165, 1.54) is 11.6 Å². The molecule has 0 atom stereocenters. The van der Waals surface area contributed by atoms with Gasteiger partial charge in [0.05, 0.1) is 5.69 Å². The quantitative estimate of drug-likeness (QED) is 0.633. The van der Waals surface area contributed by atoms with Crippen LogP contribution in [0.4, 0.5) is 5.69 Å². The van der Waals surface area contributed by atoms with Crippen molar-refractivity contribution in [2.75, 3.05) is 5.32 Å². The minimum absolute atomic E-state index is 0.0645. The lowest BCUT2D eigenvalue weighted by Crippen LogP contribution is -2.12. The van der Waals surface area contributed by atoms with Crippen LogP contribution in [0.3, 0.4) is 0 Å². The number of carbonyl (C=O) groups excluding carboxylic acids is 1. The van der Waals surface area contributed by atoms with Gasteiger partial charge in [0.15, 0.2) is 0 Å². The van der Waals surface area contributed by atoms with Crippen LogP contribution in [-0.4, -0.2) is 5.91 Å². The first-order valence-electron chi connectivity index (χ1n) is 7.31. The largest absolute Gasteiger partial charge is 0.321 e. The Morgan fingerprint density at radius 1 is 1.17 bits per heavy atom. The smallest absolute Gasteiger partial charge is 0.248 e. The lowest BCUT2D eigenvalue weighted by atomic mass is 9.87. The van der Waals surface area contributed by atoms with Crippen molar-refractivity contribution in [3.8, 4) is 0 Å². The highest BCUT2D eigenvalue weighted by atomic mass is 79.9. The lowest BCUT2D eigenvalue weighted by molar-refractivity contribution is -0.111. The van der Waals surface area contributed by atoms with E-state index >= 15 is 0 Å². The van der Waals surface area contributed by atoms with Gasteiger partial charge in [-0.2, -0.15) is 0 Å². The molecule has 0 radical (unpaired) electrons. The molecule has 2 aromatic rings. The van der Waals surface area contributed by atoms with E-state index in [9.17, 15) is 4.79 Å². The molecule has 0 aliphatic heterocycles. The minimum Gasteiger partial charge on any atom is -0.321 e. The Kier molecular flexibility index (Phi) is 5.66. The van der Waals surface area contributed by atoms with E-state index in [0.717, 1.165) is 15.7 Å². The molecule has 0 unspecified atom stereocenters. The second-order valence-electron chi connectivity index (χ2n) is 6.29. The number of hydrogen-bond acceptors (Lipinski definition) is 1. The molecule has 0 aliphatic rings. The van der Waals surface area contributed by atoms with E-state index in [4.69, 9.17) is 11.6 Å². The molecule has 23 heavy (non-hydrogen) atoms. The lowest BCUT2D eigenvalue weighted by Gasteiger charge is -2.20. The molecular formula is C19H19BrClNO. The van der Waals surface area contributed by atoms with Crippen LogP contribution in [0, 0.1) is 0 Å². The average molecular weight is 393 g/mol. The first-order valence-corrected chi connectivity index (χ1v) is 8.48. The van der Waals surface area contributed by atoms with Crippen LogP contribution in [0.5, 0.6) is 0 Å². The third-order valence-electron chi connectivity index (χ3n) is 3.41. The van der Waals surface area contributed by atoms with Crippen molar-refractivity contribution < 1.29 is 4.79 Å². The fourth-order valence-electron chi connectivity index (χ4n) is 2.03. The summed E-state index contributed by atoms with van der Waals surface area (Å²) in [5.41, 5.74) is 2.82. The third-order valence-corrected chi connectivity index (χ3v) is 4.41. The molecule has 120 valence electrons. The average Bonchev–Trinajstić information content (AvgIpc) is 2.47. The molecule has 0 saturated heterocycles. The molecule has 0 spiro atoms. The highest BCUT2D eigenvalue weighted by Crippen LogP contribution is 2.30. The summed E-state index contributed by atoms with van der Waals surface area (Å²) in [4.78, 5) is 12.1. The Bertz CT molecular complexity index is 747. The summed E-state index contributed by atoms with van der Waals surface area (Å²) in [5.74, 6) is -0.200. The van der Waals surface area contributed by atoms with Gasteiger partial charge in [-0.15, -0.1) is 0 Å². The first kappa shape index (κ1) is 17.8. The van der Waals surface area contributed by atoms with E-state index < -0.39 is 0 Å². The third kappa shape index (κ3) is 4.95. The van der Waals surface area contributed by atoms with E-state index in [0.29, 0.717) is 5.02 Å². The maximum absolute atomic E-state index is 12.1. The van der Waals surface area contributed by atoms with Crippen LogP contribution >= 0.6 is 27.5 Å². The molecule has 0 aromatic heterocycles. The molecular weight excluding hydrogens is 374 g/mol. The van der Waals surface area contributed by atoms with Crippen molar-refractivity contribution >= 4 is 45.2 Å². The molecule has 2 rings (SSSR count). The monoisotopic (exact) mass is 391 g/mol. The number of anilines is 1. The number of amides is 1. The SMILES string of the molecule is CC(C)(C)c1ccc(NC(=O)/C=C/c2ccccc2Cl)c(Br)c1. The van der Waals surface area contributed by atoms with Crippen LogP contribution < -0.4 is 5.32 Å². The van der Waals surface area contributed by atoms with E-state index in [2.05, 4.69) is 42.0 Å². The van der Waals surface area contributed by atoms with E-state index in [1.807, 2.05) is 36.4 Å². The number of benzene rings is 2. The first-order chi connectivity index (χ1) is 10.8. The summed E-state index contributed by atoms with van der Waals surface area (Å²) in [7, 11) is 0. The van der Waals surface area contributed by atoms with Crippen LogP contribution in [-0.2, 0) is 10.2 Å². The van der Waals surface area contributed by atoms with Crippen molar-refractivity contribution in [2.24, 2.45) is 0 Å². The molecule has 2 nitrogen and oxygen atoms in total. The molecule has 4 heteroatoms. The van der Waals surface area contributed by atoms with Crippen molar-refractivity contribution in [3.63, 3.8) is 0 Å². The summed E-state index contributed by atoms with van der Waals surface area (Å²) >= 11 is 9.58. The molecule has 1 amide bonds. The molecule has 0 saturated carbocycles. The predicted molar refractivity (Wildman–Crippen MR) is 102 cm³/mol. The fraction of sp³-hybridized carbons (Fsp3) is 0.211. The summed E-state index contributed by atoms with van der Waals surface area (Å²) in [5, 5.41) is 3.48. The molecule has 0 heterocycles. The van der Waals surface area contributed by atoms with Gasteiger partial charge in [0.25, 0.3) is 0 Å². The van der Waals surface area contributed by atoms with Crippen molar-refractivity contribution in [2.45, 2.75) is 26.2 Å². The van der Waals surface area contributed by atoms with Crippen LogP contribution in [0.1, 0.15) is 31.9 Å². The second-order valence-corrected chi connectivity index (χ2v) is 7.55. The van der Waals surface area contributed by atoms with Gasteiger partial charge in [-0.1, -0.05) is 56.6 Å². The van der Waals surface area contributed by atoms with Crippen LogP contribution in [0.25, 0.3) is 6.08 Å². The Hall–Kier alpha value is -1.58. The second kappa shape index (κ2) is 7.33. The standard InChI is InChI=1S/C19H19BrClNO/c1-19(2,3)14-9-10-17(15(20)12-14)22-18(23)11-8-13-6-4-5-7-16(13)21/h4-12H,1-3H3,(H,22,23)/b11-8+. The van der Waals surface area contributed by atoms with E-state index in [1.54, 1.807) is 12.1 Å². The van der Waals surface area contributed by atoms with Crippen molar-refractivity contribution in [1.82, 2.24) is 0 Å². The number of hydrogen-bond donors (Lipinski definition) is 1. The van der Waals surface area contributed by atoms with Gasteiger partial charge >= 0.3 is 0 Å². The summed E-state index contributed by atoms with van der Waals surface area (Å²) in [6.07, 6.45) is 3.18. The number of rotatable bonds is 3. The maximum Gasteiger partial charge on any atom is 0.248 e. The zero-order valence-corrected chi connectivity index (χ0v) is 15.7. The molecule has 0 bridgehead atoms.